The molecule has 2 aromatic rings. The van der Waals surface area contributed by atoms with Crippen LogP contribution < -0.4 is 9.47 Å². The molecule has 1 saturated heterocycles. The molecule has 0 atom stereocenters. The van der Waals surface area contributed by atoms with Gasteiger partial charge in [0.2, 0.25) is 0 Å². The maximum absolute atomic E-state index is 12.8. The van der Waals surface area contributed by atoms with Gasteiger partial charge >= 0.3 is 0 Å². The van der Waals surface area contributed by atoms with Crippen LogP contribution in [-0.4, -0.2) is 29.8 Å². The van der Waals surface area contributed by atoms with E-state index < -0.39 is 0 Å². The highest BCUT2D eigenvalue weighted by atomic mass is 127. The number of rotatable bonds is 7. The Balaban J connectivity index is 1.85. The molecule has 1 aliphatic heterocycles. The Labute approximate surface area is 202 Å². The zero-order valence-electron chi connectivity index (χ0n) is 16.2. The quantitative estimate of drug-likeness (QED) is 0.273. The first kappa shape index (κ1) is 23.2. The number of thioether (sulfide) groups is 1. The maximum Gasteiger partial charge on any atom is 0.293 e. The molecule has 0 radical (unpaired) electrons. The van der Waals surface area contributed by atoms with E-state index in [0.29, 0.717) is 38.6 Å². The summed E-state index contributed by atoms with van der Waals surface area (Å²) in [6.07, 6.45) is 2.56. The third kappa shape index (κ3) is 5.25. The van der Waals surface area contributed by atoms with Gasteiger partial charge in [-0.25, -0.2) is 0 Å². The summed E-state index contributed by atoms with van der Waals surface area (Å²) in [4.78, 5) is 26.8. The van der Waals surface area contributed by atoms with Crippen molar-refractivity contribution in [3.05, 3.63) is 60.0 Å². The highest BCUT2D eigenvalue weighted by molar-refractivity contribution is 14.1. The molecule has 5 nitrogen and oxygen atoms in total. The SMILES string of the molecule is CCCOc1c(I)cc(/C=C2\SC(=O)N(Cc3ccc(Cl)cc3Cl)C2=O)cc1OC. The van der Waals surface area contributed by atoms with E-state index in [-0.39, 0.29) is 17.7 Å². The Morgan fingerprint density at radius 3 is 2.63 bits per heavy atom. The van der Waals surface area contributed by atoms with E-state index in [4.69, 9.17) is 32.7 Å². The molecule has 0 aliphatic carbocycles. The molecule has 0 spiro atoms. The summed E-state index contributed by atoms with van der Waals surface area (Å²) < 4.78 is 12.1. The minimum atomic E-state index is -0.365. The number of carbonyl (C=O) groups is 2. The lowest BCUT2D eigenvalue weighted by Crippen LogP contribution is -2.27. The van der Waals surface area contributed by atoms with Crippen molar-refractivity contribution < 1.29 is 19.1 Å². The van der Waals surface area contributed by atoms with Crippen LogP contribution in [-0.2, 0) is 11.3 Å². The average molecular weight is 578 g/mol. The molecular weight excluding hydrogens is 560 g/mol. The summed E-state index contributed by atoms with van der Waals surface area (Å²) in [6, 6.07) is 8.65. The molecule has 1 fully saturated rings. The summed E-state index contributed by atoms with van der Waals surface area (Å²) in [5.41, 5.74) is 1.40. The minimum Gasteiger partial charge on any atom is -0.493 e. The number of nitrogens with zero attached hydrogens (tertiary/aromatic N) is 1. The fourth-order valence-electron chi connectivity index (χ4n) is 2.78. The highest BCUT2D eigenvalue weighted by Crippen LogP contribution is 2.38. The first-order chi connectivity index (χ1) is 14.3. The zero-order valence-corrected chi connectivity index (χ0v) is 20.7. The van der Waals surface area contributed by atoms with Crippen LogP contribution >= 0.6 is 57.6 Å². The number of carbonyl (C=O) groups excluding carboxylic acids is 2. The van der Waals surface area contributed by atoms with E-state index in [1.807, 2.05) is 13.0 Å². The van der Waals surface area contributed by atoms with E-state index in [1.165, 1.54) is 4.90 Å². The zero-order chi connectivity index (χ0) is 21.8. The van der Waals surface area contributed by atoms with Crippen molar-refractivity contribution in [3.8, 4) is 11.5 Å². The molecule has 2 aromatic carbocycles. The van der Waals surface area contributed by atoms with Gasteiger partial charge in [0.15, 0.2) is 11.5 Å². The molecular formula is C21H18Cl2INO4S. The predicted molar refractivity (Wildman–Crippen MR) is 129 cm³/mol. The monoisotopic (exact) mass is 577 g/mol. The van der Waals surface area contributed by atoms with Gasteiger partial charge in [-0.05, 0) is 82.2 Å². The van der Waals surface area contributed by atoms with Gasteiger partial charge in [-0.2, -0.15) is 0 Å². The minimum absolute atomic E-state index is 0.0860. The first-order valence-corrected chi connectivity index (χ1v) is 11.7. The smallest absolute Gasteiger partial charge is 0.293 e. The van der Waals surface area contributed by atoms with Crippen molar-refractivity contribution in [2.24, 2.45) is 0 Å². The van der Waals surface area contributed by atoms with E-state index in [2.05, 4.69) is 22.6 Å². The Morgan fingerprint density at radius 2 is 1.97 bits per heavy atom. The molecule has 1 heterocycles. The van der Waals surface area contributed by atoms with Crippen LogP contribution in [0.3, 0.4) is 0 Å². The third-order valence-corrected chi connectivity index (χ3v) is 6.51. The molecule has 158 valence electrons. The number of imide groups is 1. The second-order valence-electron chi connectivity index (χ2n) is 6.39. The number of hydrogen-bond donors (Lipinski definition) is 0. The van der Waals surface area contributed by atoms with Gasteiger partial charge in [-0.3, -0.25) is 14.5 Å². The van der Waals surface area contributed by atoms with Gasteiger partial charge in [0.05, 0.1) is 28.7 Å². The van der Waals surface area contributed by atoms with Crippen LogP contribution in [0.2, 0.25) is 10.0 Å². The van der Waals surface area contributed by atoms with Gasteiger partial charge in [0, 0.05) is 10.0 Å². The van der Waals surface area contributed by atoms with Crippen molar-refractivity contribution >= 4 is 74.8 Å². The van der Waals surface area contributed by atoms with Crippen molar-refractivity contribution in [1.82, 2.24) is 4.90 Å². The molecule has 30 heavy (non-hydrogen) atoms. The van der Waals surface area contributed by atoms with Crippen LogP contribution in [0.1, 0.15) is 24.5 Å². The fourth-order valence-corrected chi connectivity index (χ4v) is 4.86. The Hall–Kier alpha value is -1.42. The molecule has 0 bridgehead atoms. The Bertz CT molecular complexity index is 1030. The number of benzene rings is 2. The summed E-state index contributed by atoms with van der Waals surface area (Å²) in [5.74, 6) is 0.882. The van der Waals surface area contributed by atoms with Gasteiger partial charge < -0.3 is 9.47 Å². The summed E-state index contributed by atoms with van der Waals surface area (Å²) in [5, 5.41) is 0.557. The van der Waals surface area contributed by atoms with Crippen LogP contribution in [0.4, 0.5) is 4.79 Å². The molecule has 0 N–H and O–H groups in total. The number of amides is 2. The second-order valence-corrected chi connectivity index (χ2v) is 9.39. The largest absolute Gasteiger partial charge is 0.493 e. The molecule has 0 saturated carbocycles. The average Bonchev–Trinajstić information content (AvgIpc) is 2.96. The van der Waals surface area contributed by atoms with Gasteiger partial charge in [0.1, 0.15) is 0 Å². The van der Waals surface area contributed by atoms with Crippen molar-refractivity contribution in [3.63, 3.8) is 0 Å². The highest BCUT2D eigenvalue weighted by Gasteiger charge is 2.35. The molecule has 1 aliphatic rings. The number of methoxy groups -OCH3 is 1. The number of ether oxygens (including phenoxy) is 2. The summed E-state index contributed by atoms with van der Waals surface area (Å²) in [7, 11) is 1.57. The van der Waals surface area contributed by atoms with Gasteiger partial charge in [-0.15, -0.1) is 0 Å². The number of halogens is 3. The fraction of sp³-hybridized carbons (Fsp3) is 0.238. The van der Waals surface area contributed by atoms with E-state index >= 15 is 0 Å². The summed E-state index contributed by atoms with van der Waals surface area (Å²) >= 11 is 15.2. The Morgan fingerprint density at radius 1 is 1.20 bits per heavy atom. The lowest BCUT2D eigenvalue weighted by molar-refractivity contribution is -0.123. The number of hydrogen-bond acceptors (Lipinski definition) is 5. The summed E-state index contributed by atoms with van der Waals surface area (Å²) in [6.45, 7) is 2.70. The van der Waals surface area contributed by atoms with E-state index in [0.717, 1.165) is 27.3 Å². The van der Waals surface area contributed by atoms with E-state index in [9.17, 15) is 9.59 Å². The standard InChI is InChI=1S/C21H18Cl2INO4S/c1-3-6-29-19-16(24)7-12(8-17(19)28-2)9-18-20(26)25(21(27)30-18)11-13-4-5-14(22)10-15(13)23/h4-5,7-10H,3,6,11H2,1-2H3/b18-9-. The lowest BCUT2D eigenvalue weighted by Gasteiger charge is -2.14. The second kappa shape index (κ2) is 10.3. The normalized spacial score (nSPS) is 15.2. The van der Waals surface area contributed by atoms with Crippen molar-refractivity contribution in [1.29, 1.82) is 0 Å². The first-order valence-electron chi connectivity index (χ1n) is 9.03. The molecule has 9 heteroatoms. The molecule has 2 amide bonds. The molecule has 3 rings (SSSR count). The van der Waals surface area contributed by atoms with Crippen LogP contribution in [0.5, 0.6) is 11.5 Å². The van der Waals surface area contributed by atoms with Crippen LogP contribution in [0, 0.1) is 3.57 Å². The van der Waals surface area contributed by atoms with Gasteiger partial charge in [-0.1, -0.05) is 36.2 Å². The van der Waals surface area contributed by atoms with E-state index in [1.54, 1.807) is 37.5 Å². The Kier molecular flexibility index (Phi) is 7.95. The predicted octanol–water partition coefficient (Wildman–Crippen LogP) is 6.63. The molecule has 0 aromatic heterocycles. The van der Waals surface area contributed by atoms with Crippen molar-refractivity contribution in [2.75, 3.05) is 13.7 Å². The lowest BCUT2D eigenvalue weighted by atomic mass is 10.1. The topological polar surface area (TPSA) is 55.8 Å². The van der Waals surface area contributed by atoms with Crippen LogP contribution in [0.15, 0.2) is 35.2 Å². The van der Waals surface area contributed by atoms with Gasteiger partial charge in [0.25, 0.3) is 11.1 Å². The molecule has 0 unspecified atom stereocenters. The van der Waals surface area contributed by atoms with Crippen molar-refractivity contribution in [2.45, 2.75) is 19.9 Å². The van der Waals surface area contributed by atoms with Crippen LogP contribution in [0.25, 0.3) is 6.08 Å². The maximum atomic E-state index is 12.8. The third-order valence-electron chi connectivity index (χ3n) is 4.22.